The summed E-state index contributed by atoms with van der Waals surface area (Å²) in [5, 5.41) is 0. The predicted molar refractivity (Wildman–Crippen MR) is 23.1 cm³/mol. The average molecular weight is 146 g/mol. The molecule has 0 aromatic carbocycles. The second-order valence-corrected chi connectivity index (χ2v) is 1.67. The van der Waals surface area contributed by atoms with E-state index in [9.17, 15) is 17.6 Å². The van der Waals surface area contributed by atoms with Gasteiger partial charge in [-0.15, -0.1) is 0 Å². The van der Waals surface area contributed by atoms with Crippen LogP contribution in [0.3, 0.4) is 0 Å². The number of halogens is 4. The predicted octanol–water partition coefficient (Wildman–Crippen LogP) is 0.132. The number of hydrogen-bond acceptors (Lipinski definition) is 2. The van der Waals surface area contributed by atoms with Crippen molar-refractivity contribution in [2.45, 2.75) is 11.8 Å². The molecule has 4 N–H and O–H groups in total. The first kappa shape index (κ1) is 8.64. The van der Waals surface area contributed by atoms with Gasteiger partial charge in [0.25, 0.3) is 0 Å². The molecule has 0 radical (unpaired) electrons. The van der Waals surface area contributed by atoms with E-state index >= 15 is 0 Å². The summed E-state index contributed by atoms with van der Waals surface area (Å²) in [5.41, 5.74) is 5.35. The van der Waals surface area contributed by atoms with Gasteiger partial charge in [0.2, 0.25) is 0 Å². The first-order valence-electron chi connectivity index (χ1n) is 2.02. The quantitative estimate of drug-likeness (QED) is 0.408. The first-order valence-corrected chi connectivity index (χ1v) is 2.02. The van der Waals surface area contributed by atoms with Crippen molar-refractivity contribution in [3.8, 4) is 0 Å². The summed E-state index contributed by atoms with van der Waals surface area (Å²) in [4.78, 5) is 0. The van der Waals surface area contributed by atoms with Crippen molar-refractivity contribution in [3.63, 3.8) is 0 Å². The summed E-state index contributed by atoms with van der Waals surface area (Å²) >= 11 is 0. The molecule has 0 saturated heterocycles. The Morgan fingerprint density at radius 1 is 1.11 bits per heavy atom. The molecule has 0 fully saturated rings. The maximum atomic E-state index is 11.3. The fourth-order valence-electron chi connectivity index (χ4n) is 0.0758. The molecule has 0 rings (SSSR count). The van der Waals surface area contributed by atoms with Crippen molar-refractivity contribution in [3.05, 3.63) is 0 Å². The van der Waals surface area contributed by atoms with E-state index in [1.165, 1.54) is 0 Å². The summed E-state index contributed by atoms with van der Waals surface area (Å²) in [7, 11) is 0. The van der Waals surface area contributed by atoms with Gasteiger partial charge in [-0.05, 0) is 0 Å². The second kappa shape index (κ2) is 2.11. The van der Waals surface area contributed by atoms with E-state index in [4.69, 9.17) is 0 Å². The Kier molecular flexibility index (Phi) is 2.02. The van der Waals surface area contributed by atoms with E-state index < -0.39 is 18.5 Å². The number of hydrogen-bond donors (Lipinski definition) is 2. The molecule has 2 nitrogen and oxygen atoms in total. The molecule has 0 amide bonds. The zero-order valence-electron chi connectivity index (χ0n) is 4.37. The van der Waals surface area contributed by atoms with E-state index in [0.717, 1.165) is 0 Å². The third-order valence-corrected chi connectivity index (χ3v) is 0.749. The molecule has 0 spiro atoms. The molecule has 56 valence electrons. The van der Waals surface area contributed by atoms with Gasteiger partial charge >= 0.3 is 6.18 Å². The summed E-state index contributed by atoms with van der Waals surface area (Å²) in [6.07, 6.45) is -4.87. The van der Waals surface area contributed by atoms with Crippen LogP contribution in [0.15, 0.2) is 0 Å². The van der Waals surface area contributed by atoms with Crippen LogP contribution in [0.5, 0.6) is 0 Å². The maximum absolute atomic E-state index is 11.3. The van der Waals surface area contributed by atoms with E-state index in [-0.39, 0.29) is 0 Å². The lowest BCUT2D eigenvalue weighted by molar-refractivity contribution is -0.188. The molecule has 0 aromatic heterocycles. The van der Waals surface area contributed by atoms with Crippen LogP contribution in [-0.2, 0) is 0 Å². The summed E-state index contributed by atoms with van der Waals surface area (Å²) < 4.78 is 45.3. The van der Waals surface area contributed by atoms with Crippen molar-refractivity contribution in [2.75, 3.05) is 6.67 Å². The monoisotopic (exact) mass is 146 g/mol. The molecule has 0 aliphatic heterocycles. The molecule has 0 heterocycles. The molecule has 0 aliphatic carbocycles. The average Bonchev–Trinajstić information content (AvgIpc) is 1.64. The highest BCUT2D eigenvalue weighted by Crippen LogP contribution is 2.23. The normalized spacial score (nSPS) is 14.0. The van der Waals surface area contributed by atoms with Gasteiger partial charge in [0.15, 0.2) is 5.66 Å². The topological polar surface area (TPSA) is 52.0 Å². The molecular weight excluding hydrogens is 140 g/mol. The van der Waals surface area contributed by atoms with Crippen molar-refractivity contribution in [1.29, 1.82) is 0 Å². The zero-order chi connectivity index (χ0) is 7.71. The lowest BCUT2D eigenvalue weighted by Crippen LogP contribution is -2.62. The zero-order valence-corrected chi connectivity index (χ0v) is 4.37. The van der Waals surface area contributed by atoms with Gasteiger partial charge in [-0.1, -0.05) is 0 Å². The second-order valence-electron chi connectivity index (χ2n) is 1.67. The molecule has 0 atom stereocenters. The summed E-state index contributed by atoms with van der Waals surface area (Å²) in [6, 6.07) is 0. The van der Waals surface area contributed by atoms with Crippen LogP contribution >= 0.6 is 0 Å². The van der Waals surface area contributed by atoms with Gasteiger partial charge in [0.05, 0.1) is 0 Å². The molecule has 0 aromatic rings. The van der Waals surface area contributed by atoms with Gasteiger partial charge < -0.3 is 11.5 Å². The van der Waals surface area contributed by atoms with Gasteiger partial charge in [-0.25, -0.2) is 4.39 Å². The molecular formula is C3H6F4N2. The SMILES string of the molecule is NC(N)(CF)C(F)(F)F. The highest BCUT2D eigenvalue weighted by molar-refractivity contribution is 4.84. The Labute approximate surface area is 48.8 Å². The van der Waals surface area contributed by atoms with Crippen LogP contribution < -0.4 is 11.5 Å². The fraction of sp³-hybridized carbons (Fsp3) is 1.00. The van der Waals surface area contributed by atoms with Crippen LogP contribution in [0.1, 0.15) is 0 Å². The van der Waals surface area contributed by atoms with E-state index in [1.54, 1.807) is 0 Å². The van der Waals surface area contributed by atoms with Crippen LogP contribution in [0, 0.1) is 0 Å². The van der Waals surface area contributed by atoms with Crippen molar-refractivity contribution >= 4 is 0 Å². The Bertz CT molecular complexity index is 96.5. The molecule has 9 heavy (non-hydrogen) atoms. The van der Waals surface area contributed by atoms with E-state index in [2.05, 4.69) is 11.5 Å². The summed E-state index contributed by atoms with van der Waals surface area (Å²) in [6.45, 7) is -1.81. The van der Waals surface area contributed by atoms with Gasteiger partial charge in [0.1, 0.15) is 6.67 Å². The lowest BCUT2D eigenvalue weighted by atomic mass is 10.2. The molecule has 0 aliphatic rings. The maximum Gasteiger partial charge on any atom is 0.422 e. The van der Waals surface area contributed by atoms with Crippen molar-refractivity contribution in [1.82, 2.24) is 0 Å². The van der Waals surface area contributed by atoms with Crippen LogP contribution in [0.2, 0.25) is 0 Å². The third kappa shape index (κ3) is 1.79. The Hall–Kier alpha value is -0.360. The van der Waals surface area contributed by atoms with Gasteiger partial charge in [-0.2, -0.15) is 13.2 Å². The van der Waals surface area contributed by atoms with Crippen LogP contribution in [0.25, 0.3) is 0 Å². The molecule has 0 unspecified atom stereocenters. The standard InChI is InChI=1S/C3H6F4N2/c4-1-2(8,9)3(5,6)7/h1,8-9H2. The minimum Gasteiger partial charge on any atom is -0.304 e. The Balaban J connectivity index is 4.14. The molecule has 6 heteroatoms. The smallest absolute Gasteiger partial charge is 0.304 e. The van der Waals surface area contributed by atoms with E-state index in [0.29, 0.717) is 0 Å². The molecule has 0 bridgehead atoms. The van der Waals surface area contributed by atoms with Crippen LogP contribution in [-0.4, -0.2) is 18.5 Å². The van der Waals surface area contributed by atoms with Crippen LogP contribution in [0.4, 0.5) is 17.6 Å². The largest absolute Gasteiger partial charge is 0.422 e. The molecule has 0 saturated carbocycles. The minimum absolute atomic E-state index is 1.81. The third-order valence-electron chi connectivity index (χ3n) is 0.749. The minimum atomic E-state index is -4.87. The fourth-order valence-corrected chi connectivity index (χ4v) is 0.0758. The number of rotatable bonds is 1. The van der Waals surface area contributed by atoms with E-state index in [1.807, 2.05) is 0 Å². The lowest BCUT2D eigenvalue weighted by Gasteiger charge is -2.23. The summed E-state index contributed by atoms with van der Waals surface area (Å²) in [5.74, 6) is 0. The first-order chi connectivity index (χ1) is 3.81. The highest BCUT2D eigenvalue weighted by Gasteiger charge is 2.49. The Morgan fingerprint density at radius 3 is 1.44 bits per heavy atom. The number of alkyl halides is 4. The van der Waals surface area contributed by atoms with Crippen molar-refractivity contribution < 1.29 is 17.6 Å². The number of nitrogens with two attached hydrogens (primary N) is 2. The van der Waals surface area contributed by atoms with Gasteiger partial charge in [-0.3, -0.25) is 0 Å². The highest BCUT2D eigenvalue weighted by atomic mass is 19.4. The van der Waals surface area contributed by atoms with Crippen molar-refractivity contribution in [2.24, 2.45) is 11.5 Å². The Morgan fingerprint density at radius 2 is 1.44 bits per heavy atom. The van der Waals surface area contributed by atoms with Gasteiger partial charge in [0, 0.05) is 0 Å².